The molecular weight excluding hydrogens is 252 g/mol. The van der Waals surface area contributed by atoms with Gasteiger partial charge in [-0.25, -0.2) is 0 Å². The number of halogens is 1. The van der Waals surface area contributed by atoms with Crippen molar-refractivity contribution in [2.75, 3.05) is 0 Å². The number of hydrogen-bond donors (Lipinski definition) is 0. The van der Waals surface area contributed by atoms with Crippen LogP contribution in [-0.2, 0) is 14.8 Å². The van der Waals surface area contributed by atoms with Gasteiger partial charge in [0.25, 0.3) is 0 Å². The fourth-order valence-electron chi connectivity index (χ4n) is 0. The minimum atomic E-state index is 0.759. The summed E-state index contributed by atoms with van der Waals surface area (Å²) in [5, 5.41) is 0. The van der Waals surface area contributed by atoms with Crippen molar-refractivity contribution >= 4 is 19.8 Å². The topological polar surface area (TPSA) is 0 Å². The Bertz CT molecular complexity index is 22.0. The molecule has 0 aromatic heterocycles. The summed E-state index contributed by atoms with van der Waals surface area (Å²) in [6.45, 7) is 6.41. The van der Waals surface area contributed by atoms with E-state index in [2.05, 4.69) is 46.9 Å². The van der Waals surface area contributed by atoms with Crippen molar-refractivity contribution in [3.05, 3.63) is 6.42 Å². The van der Waals surface area contributed by atoms with Crippen molar-refractivity contribution in [1.82, 2.24) is 0 Å². The van der Waals surface area contributed by atoms with Crippen molar-refractivity contribution in [2.45, 2.75) is 20.8 Å². The third-order valence-corrected chi connectivity index (χ3v) is 0.667. The van der Waals surface area contributed by atoms with E-state index >= 15 is 0 Å². The second-order valence-corrected chi connectivity index (χ2v) is 1.58. The zero-order valence-corrected chi connectivity index (χ0v) is 10.4. The number of hydrogen-bond acceptors (Lipinski definition) is 0. The van der Waals surface area contributed by atoms with Gasteiger partial charge in [-0.05, 0) is 0 Å². The molecule has 7 heavy (non-hydrogen) atoms. The second kappa shape index (κ2) is 10.4. The summed E-state index contributed by atoms with van der Waals surface area (Å²) < 4.78 is 0. The molecule has 0 saturated heterocycles. The number of rotatable bonds is 1. The van der Waals surface area contributed by atoms with E-state index in [9.17, 15) is 0 Å². The summed E-state index contributed by atoms with van der Waals surface area (Å²) in [7, 11) is 0. The Hall–Kier alpha value is 1.35. The first kappa shape index (κ1) is 11.2. The molecule has 0 bridgehead atoms. The molecule has 0 aliphatic heterocycles. The zero-order valence-electron chi connectivity index (χ0n) is 5.24. The van der Waals surface area contributed by atoms with Crippen molar-refractivity contribution in [3.8, 4) is 0 Å². The van der Waals surface area contributed by atoms with Gasteiger partial charge in [0.2, 0.25) is 0 Å². The average Bonchev–Trinajstić information content (AvgIpc) is 1.73. The first-order valence-corrected chi connectivity index (χ1v) is 11.4. The summed E-state index contributed by atoms with van der Waals surface area (Å²) in [4.78, 5) is 0. The minimum absolute atomic E-state index is 0.759. The second-order valence-electron chi connectivity index (χ2n) is 1.58. The van der Waals surface area contributed by atoms with E-state index in [1.165, 1.54) is 14.8 Å². The summed E-state index contributed by atoms with van der Waals surface area (Å²) in [5.41, 5.74) is 0. The van der Waals surface area contributed by atoms with Crippen LogP contribution in [0.5, 0.6) is 0 Å². The van der Waals surface area contributed by atoms with Crippen LogP contribution in [0.4, 0.5) is 0 Å². The average molecular weight is 263 g/mol. The van der Waals surface area contributed by atoms with Gasteiger partial charge in [0.1, 0.15) is 0 Å². The van der Waals surface area contributed by atoms with Crippen LogP contribution in [0.15, 0.2) is 0 Å². The van der Waals surface area contributed by atoms with Crippen molar-refractivity contribution in [3.63, 3.8) is 0 Å². The van der Waals surface area contributed by atoms with E-state index in [0.29, 0.717) is 0 Å². The molecule has 0 atom stereocenters. The fraction of sp³-hybridized carbons (Fsp3) is 0.800. The molecule has 0 aliphatic rings. The molecule has 0 rings (SSSR count). The Kier molecular flexibility index (Phi) is 16.6. The van der Waals surface area contributed by atoms with Gasteiger partial charge in [-0.15, -0.1) is 0 Å². The summed E-state index contributed by atoms with van der Waals surface area (Å²) in [5.74, 6) is 0.759. The van der Waals surface area contributed by atoms with E-state index in [1.54, 1.807) is 0 Å². The molecule has 0 nitrogen and oxygen atoms in total. The molecule has 0 saturated carbocycles. The maximum absolute atomic E-state index is 2.28. The SMILES string of the molecule is C[CH-]C(C)C.[Zn+][I]. The molecule has 0 N–H and O–H groups in total. The normalized spacial score (nSPS) is 7.86. The van der Waals surface area contributed by atoms with Gasteiger partial charge in [0.05, 0.1) is 0 Å². The van der Waals surface area contributed by atoms with E-state index in [-0.39, 0.29) is 0 Å². The van der Waals surface area contributed by atoms with E-state index in [4.69, 9.17) is 0 Å². The molecule has 0 amide bonds. The summed E-state index contributed by atoms with van der Waals surface area (Å²) in [6, 6.07) is 0. The van der Waals surface area contributed by atoms with Crippen LogP contribution in [0.25, 0.3) is 0 Å². The van der Waals surface area contributed by atoms with Crippen molar-refractivity contribution in [2.24, 2.45) is 5.92 Å². The fourth-order valence-corrected chi connectivity index (χ4v) is 0. The molecule has 0 radical (unpaired) electrons. The molecule has 0 spiro atoms. The van der Waals surface area contributed by atoms with Gasteiger partial charge < -0.3 is 6.42 Å². The van der Waals surface area contributed by atoms with E-state index in [1.807, 2.05) is 0 Å². The Morgan fingerprint density at radius 2 is 1.57 bits per heavy atom. The molecule has 2 heteroatoms. The predicted molar refractivity (Wildman–Crippen MR) is 38.8 cm³/mol. The van der Waals surface area contributed by atoms with Crippen LogP contribution in [0.1, 0.15) is 20.8 Å². The van der Waals surface area contributed by atoms with Crippen LogP contribution in [-0.4, -0.2) is 0 Å². The van der Waals surface area contributed by atoms with Crippen LogP contribution in [0, 0.1) is 12.3 Å². The molecule has 0 aliphatic carbocycles. The predicted octanol–water partition coefficient (Wildman–Crippen LogP) is 2.75. The molecule has 0 fully saturated rings. The quantitative estimate of drug-likeness (QED) is 0.388. The van der Waals surface area contributed by atoms with Gasteiger partial charge in [-0.1, -0.05) is 13.8 Å². The van der Waals surface area contributed by atoms with Gasteiger partial charge in [0, 0.05) is 0 Å². The van der Waals surface area contributed by atoms with Gasteiger partial charge >= 0.3 is 34.5 Å². The van der Waals surface area contributed by atoms with Crippen molar-refractivity contribution < 1.29 is 14.8 Å². The molecule has 40 valence electrons. The van der Waals surface area contributed by atoms with Crippen molar-refractivity contribution in [1.29, 1.82) is 0 Å². The maximum atomic E-state index is 2.28. The van der Waals surface area contributed by atoms with Gasteiger partial charge in [0.15, 0.2) is 0 Å². The summed E-state index contributed by atoms with van der Waals surface area (Å²) in [6.07, 6.45) is 2.17. The Morgan fingerprint density at radius 3 is 1.57 bits per heavy atom. The molecule has 0 aromatic carbocycles. The van der Waals surface area contributed by atoms with Crippen LogP contribution < -0.4 is 0 Å². The van der Waals surface area contributed by atoms with E-state index < -0.39 is 0 Å². The third-order valence-electron chi connectivity index (χ3n) is 0.667. The van der Waals surface area contributed by atoms with Crippen LogP contribution in [0.3, 0.4) is 0 Å². The molecule has 0 heterocycles. The van der Waals surface area contributed by atoms with Gasteiger partial charge in [-0.3, -0.25) is 0 Å². The zero-order chi connectivity index (χ0) is 6.28. The third kappa shape index (κ3) is 18.7. The molecule has 0 unspecified atom stereocenters. The molecular formula is C5H11IZn. The van der Waals surface area contributed by atoms with Crippen LogP contribution in [0.2, 0.25) is 0 Å². The van der Waals surface area contributed by atoms with Crippen LogP contribution >= 0.6 is 19.8 Å². The summed E-state index contributed by atoms with van der Waals surface area (Å²) >= 11 is 3.62. The van der Waals surface area contributed by atoms with Gasteiger partial charge in [-0.2, -0.15) is 12.8 Å². The Labute approximate surface area is 67.3 Å². The molecule has 0 aromatic rings. The first-order valence-electron chi connectivity index (χ1n) is 2.33. The standard InChI is InChI=1S/C5H11.HI.Zn/c1-4-5(2)3;;/h4-5H,1-3H3;1H;/q-1;;+2/p-1. The Balaban J connectivity index is 0. The van der Waals surface area contributed by atoms with E-state index in [0.717, 1.165) is 5.92 Å². The first-order chi connectivity index (χ1) is 3.27. The Morgan fingerprint density at radius 1 is 1.43 bits per heavy atom. The monoisotopic (exact) mass is 262 g/mol.